The standard InChI is InChI=1S/C29H35N5O2S/c1-6-24(33(18-10-17-32(4)5)28(35)23-15-13-20(2)14-16-23)26-30-27-25(21(3)31-37-27)29(36)34(26)19-22-11-8-7-9-12-22/h7-9,11-16,24H,6,10,17-19H2,1-5H3/t24-/m1/s1. The number of amides is 1. The molecule has 4 rings (SSSR count). The largest absolute Gasteiger partial charge is 0.328 e. The first-order chi connectivity index (χ1) is 17.8. The number of hydrogen-bond acceptors (Lipinski definition) is 6. The van der Waals surface area contributed by atoms with Crippen LogP contribution in [0.5, 0.6) is 0 Å². The molecular formula is C29H35N5O2S. The lowest BCUT2D eigenvalue weighted by Gasteiger charge is -2.33. The van der Waals surface area contributed by atoms with Gasteiger partial charge in [-0.05, 0) is 76.6 Å². The van der Waals surface area contributed by atoms with E-state index in [-0.39, 0.29) is 17.5 Å². The number of aromatic nitrogens is 3. The number of hydrogen-bond donors (Lipinski definition) is 0. The van der Waals surface area contributed by atoms with E-state index in [1.54, 1.807) is 4.57 Å². The first-order valence-electron chi connectivity index (χ1n) is 12.7. The van der Waals surface area contributed by atoms with Crippen LogP contribution in [0.25, 0.3) is 10.2 Å². The SMILES string of the molecule is CC[C@H](c1nc2snc(C)c2c(=O)n1Cc1ccccc1)N(CCCN(C)C)C(=O)c1ccc(C)cc1. The molecule has 0 saturated carbocycles. The number of nitrogens with zero attached hydrogens (tertiary/aromatic N) is 5. The summed E-state index contributed by atoms with van der Waals surface area (Å²) in [6.07, 6.45) is 1.44. The molecule has 7 nitrogen and oxygen atoms in total. The molecule has 2 heterocycles. The van der Waals surface area contributed by atoms with Crippen LogP contribution in [-0.2, 0) is 6.54 Å². The van der Waals surface area contributed by atoms with Gasteiger partial charge in [0.05, 0.1) is 23.7 Å². The molecule has 0 fully saturated rings. The summed E-state index contributed by atoms with van der Waals surface area (Å²) in [7, 11) is 4.06. The van der Waals surface area contributed by atoms with E-state index in [1.807, 2.05) is 94.4 Å². The number of carbonyl (C=O) groups excluding carboxylic acids is 1. The van der Waals surface area contributed by atoms with Crippen LogP contribution in [-0.4, -0.2) is 56.8 Å². The Morgan fingerprint density at radius 2 is 1.73 bits per heavy atom. The second-order valence-corrected chi connectivity index (χ2v) is 10.5. The maximum atomic E-state index is 13.9. The van der Waals surface area contributed by atoms with E-state index in [0.717, 1.165) is 24.1 Å². The molecule has 0 aliphatic carbocycles. The van der Waals surface area contributed by atoms with Crippen LogP contribution >= 0.6 is 11.5 Å². The fourth-order valence-electron chi connectivity index (χ4n) is 4.62. The van der Waals surface area contributed by atoms with Crippen LogP contribution < -0.4 is 5.56 Å². The molecule has 0 spiro atoms. The molecule has 0 bridgehead atoms. The molecule has 1 amide bonds. The zero-order valence-corrected chi connectivity index (χ0v) is 23.1. The molecule has 4 aromatic rings. The molecule has 0 N–H and O–H groups in total. The van der Waals surface area contributed by atoms with Gasteiger partial charge in [-0.3, -0.25) is 14.2 Å². The van der Waals surface area contributed by atoms with Crippen LogP contribution in [0.2, 0.25) is 0 Å². The Morgan fingerprint density at radius 3 is 2.38 bits per heavy atom. The Balaban J connectivity index is 1.84. The van der Waals surface area contributed by atoms with Crippen molar-refractivity contribution in [2.24, 2.45) is 0 Å². The minimum atomic E-state index is -0.362. The van der Waals surface area contributed by atoms with Crippen molar-refractivity contribution in [2.45, 2.75) is 46.2 Å². The summed E-state index contributed by atoms with van der Waals surface area (Å²) in [5.41, 5.74) is 3.33. The third-order valence-corrected chi connectivity index (χ3v) is 7.44. The van der Waals surface area contributed by atoms with Crippen molar-refractivity contribution in [2.75, 3.05) is 27.2 Å². The van der Waals surface area contributed by atoms with E-state index in [2.05, 4.69) is 9.27 Å². The Kier molecular flexibility index (Phi) is 8.51. The van der Waals surface area contributed by atoms with Gasteiger partial charge in [0, 0.05) is 12.1 Å². The number of carbonyl (C=O) groups is 1. The van der Waals surface area contributed by atoms with Crippen molar-refractivity contribution in [3.8, 4) is 0 Å². The van der Waals surface area contributed by atoms with E-state index in [9.17, 15) is 9.59 Å². The van der Waals surface area contributed by atoms with Crippen molar-refractivity contribution in [1.29, 1.82) is 0 Å². The minimum absolute atomic E-state index is 0.0494. The molecule has 8 heteroatoms. The van der Waals surface area contributed by atoms with Crippen LogP contribution in [0.1, 0.15) is 58.8 Å². The third kappa shape index (κ3) is 5.97. The van der Waals surface area contributed by atoms with Crippen molar-refractivity contribution in [1.82, 2.24) is 23.7 Å². The van der Waals surface area contributed by atoms with Gasteiger partial charge in [-0.15, -0.1) is 0 Å². The second-order valence-electron chi connectivity index (χ2n) is 9.74. The van der Waals surface area contributed by atoms with Crippen molar-refractivity contribution >= 4 is 27.7 Å². The first kappa shape index (κ1) is 26.7. The van der Waals surface area contributed by atoms with Gasteiger partial charge in [-0.25, -0.2) is 4.98 Å². The van der Waals surface area contributed by atoms with Crippen LogP contribution in [0.3, 0.4) is 0 Å². The molecular weight excluding hydrogens is 482 g/mol. The predicted octanol–water partition coefficient (Wildman–Crippen LogP) is 5.06. The summed E-state index contributed by atoms with van der Waals surface area (Å²) in [6, 6.07) is 17.2. The van der Waals surface area contributed by atoms with E-state index in [1.165, 1.54) is 11.5 Å². The maximum absolute atomic E-state index is 13.9. The highest BCUT2D eigenvalue weighted by Crippen LogP contribution is 2.28. The summed E-state index contributed by atoms with van der Waals surface area (Å²) in [5.74, 6) is 0.560. The summed E-state index contributed by atoms with van der Waals surface area (Å²) < 4.78 is 6.16. The molecule has 194 valence electrons. The molecule has 0 radical (unpaired) electrons. The van der Waals surface area contributed by atoms with E-state index < -0.39 is 0 Å². The number of rotatable bonds is 10. The highest BCUT2D eigenvalue weighted by molar-refractivity contribution is 7.12. The lowest BCUT2D eigenvalue weighted by Crippen LogP contribution is -2.40. The Morgan fingerprint density at radius 1 is 1.03 bits per heavy atom. The molecule has 1 atom stereocenters. The van der Waals surface area contributed by atoms with Gasteiger partial charge in [0.1, 0.15) is 5.82 Å². The van der Waals surface area contributed by atoms with Gasteiger partial charge < -0.3 is 9.80 Å². The quantitative estimate of drug-likeness (QED) is 0.294. The lowest BCUT2D eigenvalue weighted by atomic mass is 10.1. The fraction of sp³-hybridized carbons (Fsp3) is 0.379. The highest BCUT2D eigenvalue weighted by atomic mass is 32.1. The van der Waals surface area contributed by atoms with E-state index in [4.69, 9.17) is 4.98 Å². The van der Waals surface area contributed by atoms with E-state index >= 15 is 0 Å². The van der Waals surface area contributed by atoms with Crippen LogP contribution in [0.4, 0.5) is 0 Å². The molecule has 2 aromatic carbocycles. The monoisotopic (exact) mass is 517 g/mol. The van der Waals surface area contributed by atoms with Gasteiger partial charge in [-0.2, -0.15) is 4.37 Å². The highest BCUT2D eigenvalue weighted by Gasteiger charge is 2.30. The Bertz CT molecular complexity index is 1410. The Hall–Kier alpha value is -3.36. The Labute approximate surface area is 222 Å². The van der Waals surface area contributed by atoms with Gasteiger partial charge >= 0.3 is 0 Å². The zero-order valence-electron chi connectivity index (χ0n) is 22.3. The molecule has 0 unspecified atom stereocenters. The normalized spacial score (nSPS) is 12.3. The molecule has 2 aromatic heterocycles. The van der Waals surface area contributed by atoms with Crippen LogP contribution in [0.15, 0.2) is 59.4 Å². The summed E-state index contributed by atoms with van der Waals surface area (Å²) >= 11 is 1.24. The fourth-order valence-corrected chi connectivity index (χ4v) is 5.39. The lowest BCUT2D eigenvalue weighted by molar-refractivity contribution is 0.0649. The van der Waals surface area contributed by atoms with Gasteiger partial charge in [0.25, 0.3) is 11.5 Å². The minimum Gasteiger partial charge on any atom is -0.328 e. The summed E-state index contributed by atoms with van der Waals surface area (Å²) in [5, 5.41) is 0.559. The number of fused-ring (bicyclic) bond motifs is 1. The van der Waals surface area contributed by atoms with Gasteiger partial charge in [-0.1, -0.05) is 55.0 Å². The maximum Gasteiger partial charge on any atom is 0.264 e. The van der Waals surface area contributed by atoms with Crippen LogP contribution in [0, 0.1) is 13.8 Å². The van der Waals surface area contributed by atoms with Crippen molar-refractivity contribution in [3.63, 3.8) is 0 Å². The van der Waals surface area contributed by atoms with Gasteiger partial charge in [0.2, 0.25) is 0 Å². The zero-order chi connectivity index (χ0) is 26.5. The average molecular weight is 518 g/mol. The third-order valence-electron chi connectivity index (χ3n) is 6.60. The molecule has 37 heavy (non-hydrogen) atoms. The van der Waals surface area contributed by atoms with Crippen molar-refractivity contribution in [3.05, 3.63) is 93.2 Å². The first-order valence-corrected chi connectivity index (χ1v) is 13.5. The predicted molar refractivity (Wildman–Crippen MR) is 150 cm³/mol. The average Bonchev–Trinajstić information content (AvgIpc) is 3.26. The molecule has 0 saturated heterocycles. The number of aryl methyl sites for hydroxylation is 2. The van der Waals surface area contributed by atoms with Crippen molar-refractivity contribution < 1.29 is 4.79 Å². The van der Waals surface area contributed by atoms with Gasteiger partial charge in [0.15, 0.2) is 4.83 Å². The summed E-state index contributed by atoms with van der Waals surface area (Å²) in [4.78, 5) is 37.4. The summed E-state index contributed by atoms with van der Waals surface area (Å²) in [6.45, 7) is 7.70. The number of benzene rings is 2. The second kappa shape index (κ2) is 11.8. The topological polar surface area (TPSA) is 71.3 Å². The molecule has 0 aliphatic rings. The smallest absolute Gasteiger partial charge is 0.264 e. The molecule has 0 aliphatic heterocycles. The van der Waals surface area contributed by atoms with E-state index in [0.29, 0.717) is 46.8 Å².